The molecular weight excluding hydrogens is 606 g/mol. The molecule has 0 aliphatic heterocycles. The molecule has 1 atom stereocenters. The van der Waals surface area contributed by atoms with Crippen LogP contribution in [0.25, 0.3) is 6.08 Å². The maximum atomic E-state index is 13.6. The molecule has 3 N–H and O–H groups in total. The molecule has 0 saturated carbocycles. The first-order chi connectivity index (χ1) is 22.2. The summed E-state index contributed by atoms with van der Waals surface area (Å²) < 4.78 is 21.3. The van der Waals surface area contributed by atoms with E-state index in [1.54, 1.807) is 105 Å². The zero-order valence-electron chi connectivity index (χ0n) is 26.1. The van der Waals surface area contributed by atoms with Gasteiger partial charge in [0.1, 0.15) is 17.2 Å². The maximum absolute atomic E-state index is 13.6. The largest absolute Gasteiger partial charge is 0.497 e. The van der Waals surface area contributed by atoms with Gasteiger partial charge in [-0.25, -0.2) is 0 Å². The summed E-state index contributed by atoms with van der Waals surface area (Å²) in [6.45, 7) is 1.78. The number of ether oxygens (including phenoxy) is 4. The maximum Gasteiger partial charge on any atom is 0.272 e. The molecule has 0 aromatic heterocycles. The predicted molar refractivity (Wildman–Crippen MR) is 180 cm³/mol. The predicted octanol–water partition coefficient (Wildman–Crippen LogP) is 6.25. The quantitative estimate of drug-likeness (QED) is 0.116. The summed E-state index contributed by atoms with van der Waals surface area (Å²) in [6.07, 6.45) is 1.55. The number of rotatable bonds is 13. The van der Waals surface area contributed by atoms with Gasteiger partial charge in [0.15, 0.2) is 11.5 Å². The fourth-order valence-electron chi connectivity index (χ4n) is 4.30. The fraction of sp³-hybridized carbons (Fsp3) is 0.171. The van der Waals surface area contributed by atoms with Gasteiger partial charge in [0, 0.05) is 22.2 Å². The second-order valence-corrected chi connectivity index (χ2v) is 11.2. The van der Waals surface area contributed by atoms with Gasteiger partial charge in [-0.15, -0.1) is 11.8 Å². The molecule has 0 fully saturated rings. The van der Waals surface area contributed by atoms with Crippen molar-refractivity contribution in [2.75, 3.05) is 39.1 Å². The summed E-state index contributed by atoms with van der Waals surface area (Å²) in [4.78, 5) is 40.4. The molecule has 0 radical (unpaired) electrons. The van der Waals surface area contributed by atoms with Crippen LogP contribution < -0.4 is 34.9 Å². The number of carbonyl (C=O) groups excluding carboxylic acids is 3. The van der Waals surface area contributed by atoms with E-state index in [4.69, 9.17) is 18.9 Å². The third kappa shape index (κ3) is 8.82. The number of amides is 3. The van der Waals surface area contributed by atoms with E-state index in [-0.39, 0.29) is 11.6 Å². The second kappa shape index (κ2) is 16.1. The van der Waals surface area contributed by atoms with E-state index < -0.39 is 17.1 Å². The molecular formula is C35H35N3O7S. The van der Waals surface area contributed by atoms with E-state index in [2.05, 4.69) is 16.0 Å². The van der Waals surface area contributed by atoms with Gasteiger partial charge < -0.3 is 34.9 Å². The molecule has 0 aliphatic rings. The highest BCUT2D eigenvalue weighted by Crippen LogP contribution is 2.32. The second-order valence-electron chi connectivity index (χ2n) is 9.79. The molecule has 0 bridgehead atoms. The smallest absolute Gasteiger partial charge is 0.272 e. The Morgan fingerprint density at radius 3 is 2.13 bits per heavy atom. The Morgan fingerprint density at radius 2 is 1.43 bits per heavy atom. The third-order valence-corrected chi connectivity index (χ3v) is 7.78. The van der Waals surface area contributed by atoms with E-state index in [0.29, 0.717) is 45.5 Å². The molecule has 3 amide bonds. The van der Waals surface area contributed by atoms with Crippen molar-refractivity contribution in [3.63, 3.8) is 0 Å². The molecule has 1 unspecified atom stereocenters. The van der Waals surface area contributed by atoms with Crippen molar-refractivity contribution in [3.05, 3.63) is 108 Å². The van der Waals surface area contributed by atoms with Crippen LogP contribution in [0.1, 0.15) is 22.8 Å². The first-order valence-electron chi connectivity index (χ1n) is 14.2. The Labute approximate surface area is 272 Å². The monoisotopic (exact) mass is 641 g/mol. The van der Waals surface area contributed by atoms with Gasteiger partial charge >= 0.3 is 0 Å². The van der Waals surface area contributed by atoms with Gasteiger partial charge in [-0.3, -0.25) is 14.4 Å². The number of nitrogens with one attached hydrogen (secondary N) is 3. The SMILES string of the molecule is COc1ccc(OC)c(NC(=O)C(C)Sc2cccc(NC(=O)/C(=C\c3ccc(OC)c(OC)c3)NC(=O)c3ccccc3)c2)c1. The van der Waals surface area contributed by atoms with Crippen LogP contribution in [0.5, 0.6) is 23.0 Å². The highest BCUT2D eigenvalue weighted by molar-refractivity contribution is 8.00. The van der Waals surface area contributed by atoms with E-state index in [1.807, 2.05) is 6.07 Å². The van der Waals surface area contributed by atoms with Crippen molar-refractivity contribution in [1.29, 1.82) is 0 Å². The van der Waals surface area contributed by atoms with Gasteiger partial charge in [0.2, 0.25) is 5.91 Å². The molecule has 238 valence electrons. The lowest BCUT2D eigenvalue weighted by atomic mass is 10.1. The summed E-state index contributed by atoms with van der Waals surface area (Å²) in [5.41, 5.74) is 1.98. The zero-order valence-corrected chi connectivity index (χ0v) is 26.9. The van der Waals surface area contributed by atoms with E-state index in [9.17, 15) is 14.4 Å². The molecule has 10 nitrogen and oxygen atoms in total. The van der Waals surface area contributed by atoms with Gasteiger partial charge in [-0.1, -0.05) is 30.3 Å². The highest BCUT2D eigenvalue weighted by Gasteiger charge is 2.19. The molecule has 4 rings (SSSR count). The minimum atomic E-state index is -0.544. The molecule has 0 heterocycles. The van der Waals surface area contributed by atoms with Gasteiger partial charge in [-0.05, 0) is 73.2 Å². The van der Waals surface area contributed by atoms with Gasteiger partial charge in [0.05, 0.1) is 39.4 Å². The van der Waals surface area contributed by atoms with E-state index in [0.717, 1.165) is 4.90 Å². The standard InChI is InChI=1S/C35H35N3O7S/c1-22(33(39)37-28-21-26(42-2)15-17-30(28)43-3)46-27-13-9-12-25(20-27)36-35(41)29(38-34(40)24-10-7-6-8-11-24)18-23-14-16-31(44-4)32(19-23)45-5/h6-22H,1-5H3,(H,36,41)(H,37,39)(H,38,40)/b29-18+. The van der Waals surface area contributed by atoms with Crippen LogP contribution in [0.2, 0.25) is 0 Å². The summed E-state index contributed by atoms with van der Waals surface area (Å²) in [7, 11) is 6.12. The first-order valence-corrected chi connectivity index (χ1v) is 15.0. The number of hydrogen-bond acceptors (Lipinski definition) is 8. The average Bonchev–Trinajstić information content (AvgIpc) is 3.08. The Bertz CT molecular complexity index is 1730. The number of methoxy groups -OCH3 is 4. The minimum absolute atomic E-state index is 0.0131. The molecule has 46 heavy (non-hydrogen) atoms. The number of carbonyl (C=O) groups is 3. The van der Waals surface area contributed by atoms with Crippen LogP contribution in [0.4, 0.5) is 11.4 Å². The lowest BCUT2D eigenvalue weighted by Crippen LogP contribution is -2.30. The molecule has 0 aliphatic carbocycles. The lowest BCUT2D eigenvalue weighted by Gasteiger charge is -2.16. The van der Waals surface area contributed by atoms with E-state index in [1.165, 1.54) is 33.1 Å². The number of hydrogen-bond donors (Lipinski definition) is 3. The zero-order chi connectivity index (χ0) is 33.1. The number of benzene rings is 4. The van der Waals surface area contributed by atoms with Gasteiger partial charge in [0.25, 0.3) is 11.8 Å². The van der Waals surface area contributed by atoms with Crippen molar-refractivity contribution >= 4 is 46.9 Å². The highest BCUT2D eigenvalue weighted by atomic mass is 32.2. The molecule has 0 saturated heterocycles. The van der Waals surface area contributed by atoms with Crippen molar-refractivity contribution in [2.45, 2.75) is 17.1 Å². The summed E-state index contributed by atoms with van der Waals surface area (Å²) in [5.74, 6) is 0.856. The van der Waals surface area contributed by atoms with Crippen LogP contribution in [0, 0.1) is 0 Å². The Kier molecular flexibility index (Phi) is 11.7. The summed E-state index contributed by atoms with van der Waals surface area (Å²) in [5, 5.41) is 7.99. The molecule has 0 spiro atoms. The van der Waals surface area contributed by atoms with Crippen LogP contribution in [0.15, 0.2) is 102 Å². The van der Waals surface area contributed by atoms with Crippen molar-refractivity contribution in [1.82, 2.24) is 5.32 Å². The Hall–Kier alpha value is -5.42. The normalized spacial score (nSPS) is 11.5. The lowest BCUT2D eigenvalue weighted by molar-refractivity contribution is -0.115. The van der Waals surface area contributed by atoms with Gasteiger partial charge in [-0.2, -0.15) is 0 Å². The van der Waals surface area contributed by atoms with Crippen LogP contribution >= 0.6 is 11.8 Å². The first kappa shape index (κ1) is 33.5. The van der Waals surface area contributed by atoms with Crippen LogP contribution in [-0.2, 0) is 9.59 Å². The molecule has 4 aromatic rings. The van der Waals surface area contributed by atoms with E-state index >= 15 is 0 Å². The van der Waals surface area contributed by atoms with Crippen molar-refractivity contribution < 1.29 is 33.3 Å². The molecule has 11 heteroatoms. The summed E-state index contributed by atoms with van der Waals surface area (Å²) in [6, 6.07) is 26.0. The average molecular weight is 642 g/mol. The molecule has 4 aromatic carbocycles. The minimum Gasteiger partial charge on any atom is -0.497 e. The Balaban J connectivity index is 1.52. The van der Waals surface area contributed by atoms with Crippen LogP contribution in [-0.4, -0.2) is 51.4 Å². The Morgan fingerprint density at radius 1 is 0.717 bits per heavy atom. The third-order valence-electron chi connectivity index (χ3n) is 6.69. The van der Waals surface area contributed by atoms with Crippen LogP contribution in [0.3, 0.4) is 0 Å². The fourth-order valence-corrected chi connectivity index (χ4v) is 5.23. The number of thioether (sulfide) groups is 1. The number of anilines is 2. The summed E-state index contributed by atoms with van der Waals surface area (Å²) >= 11 is 1.32. The van der Waals surface area contributed by atoms with Crippen molar-refractivity contribution in [2.24, 2.45) is 0 Å². The topological polar surface area (TPSA) is 124 Å². The van der Waals surface area contributed by atoms with Crippen molar-refractivity contribution in [3.8, 4) is 23.0 Å².